The van der Waals surface area contributed by atoms with E-state index in [1.807, 2.05) is 35.2 Å². The maximum atomic E-state index is 5.28. The maximum Gasteiger partial charge on any atom is 0.169 e. The standard InChI is InChI=1S/C37H30N7/c1-42-18-12-24(13-19-42)35-29-6-4-27(38-29)28-5-7-30(39-28)36(25-14-20-43(2)21-15-25)32-9-11-34(41-32)37(33-10-8-31(35)40-33)26-16-22-44(3)23-17-26/h4-23H,1-3H3,(H,40,41)/q+1/p+1. The average Bonchev–Trinajstić information content (AvgIpc) is 3.85. The van der Waals surface area contributed by atoms with Crippen molar-refractivity contribution in [1.82, 2.24) is 14.9 Å². The third-order valence-electron chi connectivity index (χ3n) is 8.31. The van der Waals surface area contributed by atoms with Crippen molar-refractivity contribution in [3.63, 3.8) is 0 Å². The second-order valence-electron chi connectivity index (χ2n) is 11.4. The molecule has 8 heterocycles. The minimum absolute atomic E-state index is 0.885. The fourth-order valence-electron chi connectivity index (χ4n) is 6.00. The quantitative estimate of drug-likeness (QED) is 0.355. The van der Waals surface area contributed by atoms with Gasteiger partial charge in [0.15, 0.2) is 24.8 Å². The predicted octanol–water partition coefficient (Wildman–Crippen LogP) is 3.41. The van der Waals surface area contributed by atoms with E-state index >= 15 is 0 Å². The van der Waals surface area contributed by atoms with Crippen molar-refractivity contribution in [2.75, 3.05) is 7.05 Å². The Labute approximate surface area is 255 Å². The Morgan fingerprint density at radius 3 is 1.75 bits per heavy atom. The maximum absolute atomic E-state index is 5.28. The van der Waals surface area contributed by atoms with E-state index in [9.17, 15) is 0 Å². The highest BCUT2D eigenvalue weighted by Gasteiger charge is 2.24. The fraction of sp³-hybridized carbons (Fsp3) is 0.0811. The number of nitrogens with one attached hydrogen (secondary N) is 2. The van der Waals surface area contributed by atoms with Crippen LogP contribution in [0.3, 0.4) is 0 Å². The first-order valence-corrected chi connectivity index (χ1v) is 14.7. The van der Waals surface area contributed by atoms with Gasteiger partial charge in [-0.1, -0.05) is 0 Å². The SMILES string of the molecule is CN1C=CC(=C2C3=NC(=C(c4cc[n+](C)cc4)c4ccc([nH]4)C(c4cc[n+](C)cc4)=c4ccc([nH]4)=C4C=CC2=N4)C=C3)C=C1. The molecule has 0 radical (unpaired) electrons. The molecule has 0 saturated carbocycles. The van der Waals surface area contributed by atoms with Crippen LogP contribution in [0, 0.1) is 0 Å². The summed E-state index contributed by atoms with van der Waals surface area (Å²) in [4.78, 5) is 19.9. The lowest BCUT2D eigenvalue weighted by atomic mass is 9.97. The summed E-state index contributed by atoms with van der Waals surface area (Å²) in [6.07, 6.45) is 25.1. The van der Waals surface area contributed by atoms with Gasteiger partial charge in [0.05, 0.1) is 28.2 Å². The zero-order valence-corrected chi connectivity index (χ0v) is 24.8. The number of H-pyrrole nitrogens is 2. The number of aromatic amines is 2. The molecular formula is C37H31N7+2. The zero-order valence-electron chi connectivity index (χ0n) is 24.8. The van der Waals surface area contributed by atoms with Crippen LogP contribution < -0.4 is 19.8 Å². The summed E-state index contributed by atoms with van der Waals surface area (Å²) in [7, 11) is 6.09. The molecule has 4 aliphatic rings. The van der Waals surface area contributed by atoms with E-state index in [1.165, 1.54) is 0 Å². The van der Waals surface area contributed by atoms with Crippen LogP contribution in [-0.4, -0.2) is 33.3 Å². The van der Waals surface area contributed by atoms with Crippen LogP contribution in [0.4, 0.5) is 0 Å². The lowest BCUT2D eigenvalue weighted by molar-refractivity contribution is -0.671. The first-order chi connectivity index (χ1) is 21.5. The Morgan fingerprint density at radius 1 is 0.545 bits per heavy atom. The van der Waals surface area contributed by atoms with Crippen LogP contribution in [0.5, 0.6) is 0 Å². The van der Waals surface area contributed by atoms with E-state index in [-0.39, 0.29) is 0 Å². The molecule has 0 spiro atoms. The van der Waals surface area contributed by atoms with Crippen LogP contribution in [0.2, 0.25) is 0 Å². The number of allylic oxidation sites excluding steroid dienone is 7. The molecule has 8 bridgehead atoms. The van der Waals surface area contributed by atoms with Gasteiger partial charge in [-0.2, -0.15) is 0 Å². The van der Waals surface area contributed by atoms with Gasteiger partial charge in [-0.15, -0.1) is 0 Å². The number of hydrogen-bond acceptors (Lipinski definition) is 3. The van der Waals surface area contributed by atoms with Crippen molar-refractivity contribution in [1.29, 1.82) is 0 Å². The molecule has 4 aromatic rings. The highest BCUT2D eigenvalue weighted by molar-refractivity contribution is 6.35. The molecule has 0 saturated heterocycles. The van der Waals surface area contributed by atoms with Gasteiger partial charge in [-0.25, -0.2) is 19.1 Å². The van der Waals surface area contributed by atoms with E-state index in [0.29, 0.717) is 0 Å². The lowest BCUT2D eigenvalue weighted by Gasteiger charge is -2.15. The zero-order chi connectivity index (χ0) is 29.8. The molecule has 7 heteroatoms. The van der Waals surface area contributed by atoms with Crippen molar-refractivity contribution >= 4 is 28.3 Å². The highest BCUT2D eigenvalue weighted by Crippen LogP contribution is 2.33. The van der Waals surface area contributed by atoms with Crippen molar-refractivity contribution in [3.8, 4) is 0 Å². The van der Waals surface area contributed by atoms with Gasteiger partial charge in [0, 0.05) is 77.2 Å². The predicted molar refractivity (Wildman–Crippen MR) is 173 cm³/mol. The number of pyridine rings is 2. The molecule has 2 N–H and O–H groups in total. The minimum Gasteiger partial charge on any atom is -0.357 e. The number of aliphatic imine (C=N–C) groups is 2. The summed E-state index contributed by atoms with van der Waals surface area (Å²) in [5.74, 6) is 0. The Bertz CT molecular complexity index is 2210. The molecule has 4 aliphatic heterocycles. The molecule has 0 fully saturated rings. The molecule has 0 unspecified atom stereocenters. The average molecular weight is 574 g/mol. The summed E-state index contributed by atoms with van der Waals surface area (Å²) in [6, 6.07) is 17.2. The van der Waals surface area contributed by atoms with Crippen LogP contribution >= 0.6 is 0 Å². The summed E-state index contributed by atoms with van der Waals surface area (Å²) >= 11 is 0. The van der Waals surface area contributed by atoms with Crippen LogP contribution in [0.25, 0.3) is 16.8 Å². The molecule has 0 amide bonds. The molecule has 0 aliphatic carbocycles. The Balaban J connectivity index is 1.46. The Hall–Kier alpha value is -5.82. The highest BCUT2D eigenvalue weighted by atomic mass is 15.0. The number of hydrogen-bond donors (Lipinski definition) is 2. The van der Waals surface area contributed by atoms with E-state index in [1.54, 1.807) is 0 Å². The number of fused-ring (bicyclic) bond motifs is 6. The number of rotatable bonds is 2. The third-order valence-corrected chi connectivity index (χ3v) is 8.31. The van der Waals surface area contributed by atoms with Crippen molar-refractivity contribution in [2.24, 2.45) is 24.1 Å². The van der Waals surface area contributed by atoms with E-state index in [0.717, 1.165) is 78.3 Å². The van der Waals surface area contributed by atoms with Gasteiger partial charge >= 0.3 is 0 Å². The fourth-order valence-corrected chi connectivity index (χ4v) is 6.00. The van der Waals surface area contributed by atoms with Gasteiger partial charge < -0.3 is 14.9 Å². The molecule has 7 nitrogen and oxygen atoms in total. The molecule has 0 atom stereocenters. The van der Waals surface area contributed by atoms with Crippen LogP contribution in [-0.2, 0) is 14.1 Å². The van der Waals surface area contributed by atoms with Gasteiger partial charge in [0.2, 0.25) is 0 Å². The smallest absolute Gasteiger partial charge is 0.169 e. The molecular weight excluding hydrogens is 542 g/mol. The van der Waals surface area contributed by atoms with Gasteiger partial charge in [-0.3, -0.25) is 0 Å². The third kappa shape index (κ3) is 4.46. The van der Waals surface area contributed by atoms with E-state index in [2.05, 4.69) is 132 Å². The molecule has 212 valence electrons. The van der Waals surface area contributed by atoms with Gasteiger partial charge in [0.25, 0.3) is 0 Å². The molecule has 0 aromatic carbocycles. The van der Waals surface area contributed by atoms with Crippen LogP contribution in [0.15, 0.2) is 149 Å². The number of aryl methyl sites for hydroxylation is 2. The summed E-state index contributed by atoms with van der Waals surface area (Å²) < 4.78 is 4.09. The van der Waals surface area contributed by atoms with Crippen molar-refractivity contribution in [3.05, 3.63) is 172 Å². The van der Waals surface area contributed by atoms with Gasteiger partial charge in [0.1, 0.15) is 14.1 Å². The number of nitrogens with zero attached hydrogens (tertiary/aromatic N) is 5. The normalized spacial score (nSPS) is 17.0. The summed E-state index contributed by atoms with van der Waals surface area (Å²) in [5.41, 5.74) is 12.0. The summed E-state index contributed by atoms with van der Waals surface area (Å²) in [5, 5.41) is 1.98. The van der Waals surface area contributed by atoms with Crippen molar-refractivity contribution < 1.29 is 9.13 Å². The molecule has 8 rings (SSSR count). The van der Waals surface area contributed by atoms with Gasteiger partial charge in [-0.05, 0) is 77.4 Å². The molecule has 4 aromatic heterocycles. The van der Waals surface area contributed by atoms with Crippen LogP contribution in [0.1, 0.15) is 22.5 Å². The van der Waals surface area contributed by atoms with Crippen molar-refractivity contribution in [2.45, 2.75) is 0 Å². The van der Waals surface area contributed by atoms with E-state index < -0.39 is 0 Å². The monoisotopic (exact) mass is 573 g/mol. The second-order valence-corrected chi connectivity index (χ2v) is 11.4. The molecule has 44 heavy (non-hydrogen) atoms. The Kier molecular flexibility index (Phi) is 5.98. The lowest BCUT2D eigenvalue weighted by Crippen LogP contribution is -2.26. The minimum atomic E-state index is 0.885. The number of aromatic nitrogens is 4. The van der Waals surface area contributed by atoms with E-state index in [4.69, 9.17) is 9.98 Å². The summed E-state index contributed by atoms with van der Waals surface area (Å²) in [6.45, 7) is 0. The Morgan fingerprint density at radius 2 is 1.09 bits per heavy atom. The first kappa shape index (κ1) is 25.9. The topological polar surface area (TPSA) is 67.3 Å². The second kappa shape index (κ2) is 10.2. The largest absolute Gasteiger partial charge is 0.357 e. The first-order valence-electron chi connectivity index (χ1n) is 14.7.